The SMILES string of the molecule is Fc1c(C(F)(F)F)ccnc1Br. The molecule has 1 aromatic heterocycles. The highest BCUT2D eigenvalue weighted by atomic mass is 79.9. The molecule has 0 amide bonds. The van der Waals surface area contributed by atoms with Gasteiger partial charge in [0.1, 0.15) is 4.60 Å². The van der Waals surface area contributed by atoms with Gasteiger partial charge in [-0.2, -0.15) is 13.2 Å². The zero-order chi connectivity index (χ0) is 9.35. The van der Waals surface area contributed by atoms with Crippen LogP contribution in [0.1, 0.15) is 5.56 Å². The Balaban J connectivity index is 3.26. The fourth-order valence-corrected chi connectivity index (χ4v) is 0.969. The standard InChI is InChI=1S/C6H2BrF4N/c7-5-4(8)3(1-2-12-5)6(9,10)11/h1-2H. The fraction of sp³-hybridized carbons (Fsp3) is 0.167. The van der Waals surface area contributed by atoms with Gasteiger partial charge >= 0.3 is 6.18 Å². The third kappa shape index (κ3) is 1.74. The Morgan fingerprint density at radius 2 is 1.92 bits per heavy atom. The molecule has 1 heterocycles. The van der Waals surface area contributed by atoms with Crippen LogP contribution in [-0.2, 0) is 6.18 Å². The lowest BCUT2D eigenvalue weighted by Crippen LogP contribution is -2.08. The van der Waals surface area contributed by atoms with Crippen LogP contribution in [0.3, 0.4) is 0 Å². The lowest BCUT2D eigenvalue weighted by atomic mass is 10.2. The normalized spacial score (nSPS) is 11.8. The van der Waals surface area contributed by atoms with E-state index in [4.69, 9.17) is 0 Å². The summed E-state index contributed by atoms with van der Waals surface area (Å²) >= 11 is 2.55. The first kappa shape index (κ1) is 9.44. The van der Waals surface area contributed by atoms with Crippen LogP contribution in [0.25, 0.3) is 0 Å². The molecule has 0 bridgehead atoms. The van der Waals surface area contributed by atoms with Crippen molar-refractivity contribution in [2.24, 2.45) is 0 Å². The van der Waals surface area contributed by atoms with E-state index in [1.165, 1.54) is 0 Å². The number of rotatable bonds is 0. The molecule has 0 aliphatic carbocycles. The second kappa shape index (κ2) is 3.01. The van der Waals surface area contributed by atoms with Gasteiger partial charge in [0.2, 0.25) is 0 Å². The molecule has 0 spiro atoms. The summed E-state index contributed by atoms with van der Waals surface area (Å²) in [6.07, 6.45) is -3.79. The lowest BCUT2D eigenvalue weighted by Gasteiger charge is -2.07. The van der Waals surface area contributed by atoms with Crippen LogP contribution < -0.4 is 0 Å². The predicted octanol–water partition coefficient (Wildman–Crippen LogP) is 3.00. The van der Waals surface area contributed by atoms with Crippen molar-refractivity contribution in [2.75, 3.05) is 0 Å². The van der Waals surface area contributed by atoms with Crippen LogP contribution in [0.5, 0.6) is 0 Å². The van der Waals surface area contributed by atoms with E-state index < -0.39 is 22.2 Å². The summed E-state index contributed by atoms with van der Waals surface area (Å²) in [7, 11) is 0. The van der Waals surface area contributed by atoms with E-state index in [1.54, 1.807) is 0 Å². The molecule has 0 radical (unpaired) electrons. The number of alkyl halides is 3. The van der Waals surface area contributed by atoms with E-state index in [1.807, 2.05) is 0 Å². The fourth-order valence-electron chi connectivity index (χ4n) is 0.637. The lowest BCUT2D eigenvalue weighted by molar-refractivity contribution is -0.140. The minimum Gasteiger partial charge on any atom is -0.246 e. The van der Waals surface area contributed by atoms with E-state index in [9.17, 15) is 17.6 Å². The van der Waals surface area contributed by atoms with Gasteiger partial charge in [0, 0.05) is 6.20 Å². The number of nitrogens with zero attached hydrogens (tertiary/aromatic N) is 1. The Morgan fingerprint density at radius 3 is 2.33 bits per heavy atom. The highest BCUT2D eigenvalue weighted by Gasteiger charge is 2.34. The Labute approximate surface area is 73.5 Å². The van der Waals surface area contributed by atoms with Crippen molar-refractivity contribution in [2.45, 2.75) is 6.18 Å². The number of hydrogen-bond acceptors (Lipinski definition) is 1. The molecule has 1 nitrogen and oxygen atoms in total. The van der Waals surface area contributed by atoms with Gasteiger partial charge in [0.15, 0.2) is 5.82 Å². The Morgan fingerprint density at radius 1 is 1.33 bits per heavy atom. The first-order chi connectivity index (χ1) is 5.43. The molecule has 1 aromatic rings. The van der Waals surface area contributed by atoms with E-state index in [0.717, 1.165) is 6.20 Å². The van der Waals surface area contributed by atoms with Crippen LogP contribution in [0.15, 0.2) is 16.9 Å². The average Bonchev–Trinajstić information content (AvgIpc) is 1.92. The summed E-state index contributed by atoms with van der Waals surface area (Å²) in [5, 5.41) is 0. The zero-order valence-corrected chi connectivity index (χ0v) is 7.08. The minimum atomic E-state index is -4.67. The third-order valence-corrected chi connectivity index (χ3v) is 1.70. The minimum absolute atomic E-state index is 0.433. The van der Waals surface area contributed by atoms with Gasteiger partial charge in [0.25, 0.3) is 0 Å². The van der Waals surface area contributed by atoms with Crippen molar-refractivity contribution in [1.29, 1.82) is 0 Å². The third-order valence-electron chi connectivity index (χ3n) is 1.15. The van der Waals surface area contributed by atoms with Gasteiger partial charge < -0.3 is 0 Å². The van der Waals surface area contributed by atoms with Gasteiger partial charge in [-0.1, -0.05) is 0 Å². The van der Waals surface area contributed by atoms with Crippen LogP contribution in [0.4, 0.5) is 17.6 Å². The van der Waals surface area contributed by atoms with E-state index in [2.05, 4.69) is 20.9 Å². The monoisotopic (exact) mass is 243 g/mol. The maximum absolute atomic E-state index is 12.7. The molecule has 0 aliphatic rings. The van der Waals surface area contributed by atoms with Crippen molar-refractivity contribution < 1.29 is 17.6 Å². The maximum Gasteiger partial charge on any atom is 0.419 e. The van der Waals surface area contributed by atoms with Crippen LogP contribution in [0, 0.1) is 5.82 Å². The van der Waals surface area contributed by atoms with Crippen molar-refractivity contribution in [3.63, 3.8) is 0 Å². The maximum atomic E-state index is 12.7. The van der Waals surface area contributed by atoms with E-state index in [-0.39, 0.29) is 0 Å². The number of hydrogen-bond donors (Lipinski definition) is 0. The number of aromatic nitrogens is 1. The Kier molecular flexibility index (Phi) is 2.36. The molecule has 0 saturated heterocycles. The smallest absolute Gasteiger partial charge is 0.246 e. The summed E-state index contributed by atoms with van der Waals surface area (Å²) in [6.45, 7) is 0. The highest BCUT2D eigenvalue weighted by molar-refractivity contribution is 9.10. The van der Waals surface area contributed by atoms with E-state index in [0.29, 0.717) is 6.07 Å². The summed E-state index contributed by atoms with van der Waals surface area (Å²) in [5.74, 6) is -1.38. The summed E-state index contributed by atoms with van der Waals surface area (Å²) in [5.41, 5.74) is -1.32. The predicted molar refractivity (Wildman–Crippen MR) is 36.9 cm³/mol. The molecule has 12 heavy (non-hydrogen) atoms. The second-order valence-corrected chi connectivity index (χ2v) is 2.71. The molecular weight excluding hydrogens is 242 g/mol. The van der Waals surface area contributed by atoms with Gasteiger partial charge in [-0.3, -0.25) is 0 Å². The molecule has 66 valence electrons. The summed E-state index contributed by atoms with van der Waals surface area (Å²) < 4.78 is 48.1. The summed E-state index contributed by atoms with van der Waals surface area (Å²) in [4.78, 5) is 3.29. The number of pyridine rings is 1. The van der Waals surface area contributed by atoms with Crippen molar-refractivity contribution in [1.82, 2.24) is 4.98 Å². The quantitative estimate of drug-likeness (QED) is 0.505. The molecule has 0 atom stereocenters. The van der Waals surface area contributed by atoms with Crippen LogP contribution in [0.2, 0.25) is 0 Å². The molecule has 0 fully saturated rings. The van der Waals surface area contributed by atoms with Crippen LogP contribution >= 0.6 is 15.9 Å². The Hall–Kier alpha value is -0.650. The molecule has 0 aromatic carbocycles. The molecule has 1 rings (SSSR count). The van der Waals surface area contributed by atoms with E-state index >= 15 is 0 Å². The van der Waals surface area contributed by atoms with Crippen molar-refractivity contribution >= 4 is 15.9 Å². The van der Waals surface area contributed by atoms with Gasteiger partial charge in [-0.05, 0) is 22.0 Å². The first-order valence-electron chi connectivity index (χ1n) is 2.80. The molecule has 0 saturated carbocycles. The molecule has 0 unspecified atom stereocenters. The van der Waals surface area contributed by atoms with Gasteiger partial charge in [-0.25, -0.2) is 9.37 Å². The largest absolute Gasteiger partial charge is 0.419 e. The average molecular weight is 244 g/mol. The zero-order valence-electron chi connectivity index (χ0n) is 5.49. The molecule has 6 heteroatoms. The molecule has 0 N–H and O–H groups in total. The number of halogens is 5. The van der Waals surface area contributed by atoms with Gasteiger partial charge in [0.05, 0.1) is 5.56 Å². The van der Waals surface area contributed by atoms with Crippen molar-refractivity contribution in [3.05, 3.63) is 28.2 Å². The first-order valence-corrected chi connectivity index (χ1v) is 3.59. The topological polar surface area (TPSA) is 12.9 Å². The van der Waals surface area contributed by atoms with Crippen LogP contribution in [-0.4, -0.2) is 4.98 Å². The Bertz CT molecular complexity index is 296. The highest BCUT2D eigenvalue weighted by Crippen LogP contribution is 2.32. The van der Waals surface area contributed by atoms with Gasteiger partial charge in [-0.15, -0.1) is 0 Å². The second-order valence-electron chi connectivity index (χ2n) is 1.96. The molecule has 0 aliphatic heterocycles. The van der Waals surface area contributed by atoms with Crippen molar-refractivity contribution in [3.8, 4) is 0 Å². The molecular formula is C6H2BrF4N. The summed E-state index contributed by atoms with van der Waals surface area (Å²) in [6, 6.07) is 0.583.